The van der Waals surface area contributed by atoms with Crippen LogP contribution in [0.2, 0.25) is 0 Å². The summed E-state index contributed by atoms with van der Waals surface area (Å²) in [5, 5.41) is 0. The van der Waals surface area contributed by atoms with E-state index in [1.54, 1.807) is 13.0 Å². The SMILES string of the molecule is Cc1cc(F)cc(COC(F)F)c1. The highest BCUT2D eigenvalue weighted by Gasteiger charge is 2.03. The van der Waals surface area contributed by atoms with E-state index in [1.807, 2.05) is 0 Å². The van der Waals surface area contributed by atoms with Crippen molar-refractivity contribution in [1.82, 2.24) is 0 Å². The van der Waals surface area contributed by atoms with Gasteiger partial charge in [-0.1, -0.05) is 6.07 Å². The van der Waals surface area contributed by atoms with Crippen molar-refractivity contribution in [2.24, 2.45) is 0 Å². The lowest BCUT2D eigenvalue weighted by atomic mass is 10.1. The number of halogens is 3. The van der Waals surface area contributed by atoms with Gasteiger partial charge in [0, 0.05) is 0 Å². The number of ether oxygens (including phenoxy) is 1. The van der Waals surface area contributed by atoms with Gasteiger partial charge in [0.15, 0.2) is 0 Å². The van der Waals surface area contributed by atoms with E-state index in [9.17, 15) is 13.2 Å². The molecule has 0 atom stereocenters. The molecule has 1 aromatic rings. The van der Waals surface area contributed by atoms with Crippen molar-refractivity contribution in [1.29, 1.82) is 0 Å². The zero-order chi connectivity index (χ0) is 9.84. The third kappa shape index (κ3) is 3.46. The fraction of sp³-hybridized carbons (Fsp3) is 0.333. The maximum Gasteiger partial charge on any atom is 0.345 e. The van der Waals surface area contributed by atoms with Gasteiger partial charge in [0.05, 0.1) is 6.61 Å². The first-order valence-electron chi connectivity index (χ1n) is 3.74. The normalized spacial score (nSPS) is 10.8. The van der Waals surface area contributed by atoms with Crippen LogP contribution in [0.4, 0.5) is 13.2 Å². The molecular formula is C9H9F3O. The summed E-state index contributed by atoms with van der Waals surface area (Å²) >= 11 is 0. The molecule has 0 spiro atoms. The van der Waals surface area contributed by atoms with Crippen molar-refractivity contribution >= 4 is 0 Å². The number of benzene rings is 1. The quantitative estimate of drug-likeness (QED) is 0.712. The molecule has 0 bridgehead atoms. The minimum absolute atomic E-state index is 0.268. The highest BCUT2D eigenvalue weighted by Crippen LogP contribution is 2.10. The Morgan fingerprint density at radius 2 is 2.00 bits per heavy atom. The van der Waals surface area contributed by atoms with E-state index in [2.05, 4.69) is 4.74 Å². The van der Waals surface area contributed by atoms with Crippen molar-refractivity contribution in [3.63, 3.8) is 0 Å². The van der Waals surface area contributed by atoms with Gasteiger partial charge in [-0.2, -0.15) is 8.78 Å². The van der Waals surface area contributed by atoms with Crippen molar-refractivity contribution < 1.29 is 17.9 Å². The zero-order valence-electron chi connectivity index (χ0n) is 7.06. The van der Waals surface area contributed by atoms with Crippen molar-refractivity contribution in [3.8, 4) is 0 Å². The zero-order valence-corrected chi connectivity index (χ0v) is 7.06. The summed E-state index contributed by atoms with van der Waals surface area (Å²) in [5.74, 6) is -0.437. The van der Waals surface area contributed by atoms with Crippen LogP contribution in [0, 0.1) is 12.7 Å². The van der Waals surface area contributed by atoms with Gasteiger partial charge in [-0.15, -0.1) is 0 Å². The smallest absolute Gasteiger partial charge is 0.318 e. The van der Waals surface area contributed by atoms with Gasteiger partial charge in [0.25, 0.3) is 0 Å². The Labute approximate surface area is 74.1 Å². The predicted molar refractivity (Wildman–Crippen MR) is 41.9 cm³/mol. The average Bonchev–Trinajstić information content (AvgIpc) is 1.99. The second-order valence-corrected chi connectivity index (χ2v) is 2.71. The number of aryl methyl sites for hydroxylation is 1. The number of alkyl halides is 2. The molecule has 72 valence electrons. The van der Waals surface area contributed by atoms with Crippen LogP contribution in [0.5, 0.6) is 0 Å². The van der Waals surface area contributed by atoms with Crippen LogP contribution in [-0.2, 0) is 11.3 Å². The van der Waals surface area contributed by atoms with Gasteiger partial charge >= 0.3 is 6.61 Å². The fourth-order valence-electron chi connectivity index (χ4n) is 1.05. The van der Waals surface area contributed by atoms with Crippen LogP contribution in [0.1, 0.15) is 11.1 Å². The van der Waals surface area contributed by atoms with Crippen molar-refractivity contribution in [2.45, 2.75) is 20.1 Å². The number of hydrogen-bond acceptors (Lipinski definition) is 1. The summed E-state index contributed by atoms with van der Waals surface area (Å²) < 4.78 is 40.0. The molecule has 0 fully saturated rings. The fourth-order valence-corrected chi connectivity index (χ4v) is 1.05. The molecule has 0 saturated carbocycles. The second-order valence-electron chi connectivity index (χ2n) is 2.71. The topological polar surface area (TPSA) is 9.23 Å². The van der Waals surface area contributed by atoms with Crippen molar-refractivity contribution in [3.05, 3.63) is 35.1 Å². The average molecular weight is 190 g/mol. The molecule has 1 nitrogen and oxygen atoms in total. The van der Waals surface area contributed by atoms with Crippen LogP contribution in [-0.4, -0.2) is 6.61 Å². The summed E-state index contributed by atoms with van der Waals surface area (Å²) in [6, 6.07) is 4.10. The lowest BCUT2D eigenvalue weighted by Gasteiger charge is -2.03. The Kier molecular flexibility index (Phi) is 3.31. The minimum Gasteiger partial charge on any atom is -0.318 e. The monoisotopic (exact) mass is 190 g/mol. The molecule has 0 heterocycles. The summed E-state index contributed by atoms with van der Waals surface area (Å²) in [5.41, 5.74) is 1.10. The summed E-state index contributed by atoms with van der Waals surface area (Å²) in [6.45, 7) is -1.39. The Balaban J connectivity index is 2.66. The van der Waals surface area contributed by atoms with E-state index in [0.29, 0.717) is 11.1 Å². The molecule has 0 N–H and O–H groups in total. The van der Waals surface area contributed by atoms with E-state index in [4.69, 9.17) is 0 Å². The third-order valence-corrected chi connectivity index (χ3v) is 1.48. The summed E-state index contributed by atoms with van der Waals surface area (Å²) in [6.07, 6.45) is 0. The molecule has 0 aromatic heterocycles. The molecule has 0 aliphatic rings. The van der Waals surface area contributed by atoms with Gasteiger partial charge in [-0.05, 0) is 30.2 Å². The van der Waals surface area contributed by atoms with Crippen molar-refractivity contribution in [2.75, 3.05) is 0 Å². The van der Waals surface area contributed by atoms with Gasteiger partial charge in [0.2, 0.25) is 0 Å². The van der Waals surface area contributed by atoms with Gasteiger partial charge in [-0.3, -0.25) is 0 Å². The maximum absolute atomic E-state index is 12.7. The Hall–Kier alpha value is -1.03. The van der Waals surface area contributed by atoms with Gasteiger partial charge in [0.1, 0.15) is 5.82 Å². The Morgan fingerprint density at radius 1 is 1.31 bits per heavy atom. The first kappa shape index (κ1) is 10.1. The minimum atomic E-state index is -2.82. The van der Waals surface area contributed by atoms with Crippen LogP contribution in [0.3, 0.4) is 0 Å². The molecular weight excluding hydrogens is 181 g/mol. The standard InChI is InChI=1S/C9H9F3O/c1-6-2-7(4-8(10)3-6)5-13-9(11)12/h2-4,9H,5H2,1H3. The van der Waals surface area contributed by atoms with E-state index in [0.717, 1.165) is 0 Å². The van der Waals surface area contributed by atoms with E-state index in [1.165, 1.54) is 12.1 Å². The molecule has 0 aliphatic heterocycles. The second kappa shape index (κ2) is 4.28. The molecule has 1 aromatic carbocycles. The number of rotatable bonds is 3. The maximum atomic E-state index is 12.7. The van der Waals surface area contributed by atoms with Crippen LogP contribution >= 0.6 is 0 Å². The largest absolute Gasteiger partial charge is 0.345 e. The molecule has 0 saturated heterocycles. The van der Waals surface area contributed by atoms with E-state index < -0.39 is 12.4 Å². The first-order valence-corrected chi connectivity index (χ1v) is 3.74. The van der Waals surface area contributed by atoms with Gasteiger partial charge < -0.3 is 4.74 Å². The Morgan fingerprint density at radius 3 is 2.54 bits per heavy atom. The summed E-state index contributed by atoms with van der Waals surface area (Å²) in [4.78, 5) is 0. The van der Waals surface area contributed by atoms with E-state index in [-0.39, 0.29) is 6.61 Å². The highest BCUT2D eigenvalue weighted by atomic mass is 19.3. The molecule has 0 amide bonds. The molecule has 4 heteroatoms. The third-order valence-electron chi connectivity index (χ3n) is 1.48. The van der Waals surface area contributed by atoms with E-state index >= 15 is 0 Å². The predicted octanol–water partition coefficient (Wildman–Crippen LogP) is 2.87. The van der Waals surface area contributed by atoms with Crippen LogP contribution in [0.25, 0.3) is 0 Å². The van der Waals surface area contributed by atoms with Crippen LogP contribution < -0.4 is 0 Å². The molecule has 1 rings (SSSR count). The highest BCUT2D eigenvalue weighted by molar-refractivity contribution is 5.22. The lowest BCUT2D eigenvalue weighted by molar-refractivity contribution is -0.137. The molecule has 13 heavy (non-hydrogen) atoms. The first-order chi connectivity index (χ1) is 6.08. The molecule has 0 radical (unpaired) electrons. The Bertz CT molecular complexity index is 266. The molecule has 0 aliphatic carbocycles. The summed E-state index contributed by atoms with van der Waals surface area (Å²) in [7, 11) is 0. The molecule has 0 unspecified atom stereocenters. The number of hydrogen-bond donors (Lipinski definition) is 0. The van der Waals surface area contributed by atoms with Crippen LogP contribution in [0.15, 0.2) is 18.2 Å². The lowest BCUT2D eigenvalue weighted by Crippen LogP contribution is -1.99. The van der Waals surface area contributed by atoms with Gasteiger partial charge in [-0.25, -0.2) is 4.39 Å².